The zero-order valence-electron chi connectivity index (χ0n) is 21.8. The molecule has 7 atom stereocenters. The summed E-state index contributed by atoms with van der Waals surface area (Å²) in [5.41, 5.74) is -0.409. The third kappa shape index (κ3) is 4.75. The first kappa shape index (κ1) is 25.4. The number of aromatic nitrogens is 2. The predicted octanol–water partition coefficient (Wildman–Crippen LogP) is 3.87. The number of alkyl halides is 3. The van der Waals surface area contributed by atoms with Gasteiger partial charge in [0.1, 0.15) is 12.2 Å². The van der Waals surface area contributed by atoms with Crippen molar-refractivity contribution in [1.29, 1.82) is 0 Å². The Balaban J connectivity index is 1.05. The molecule has 1 N–H and O–H groups in total. The van der Waals surface area contributed by atoms with Crippen LogP contribution in [0.25, 0.3) is 0 Å². The van der Waals surface area contributed by atoms with Gasteiger partial charge in [-0.3, -0.25) is 0 Å². The molecule has 0 spiro atoms. The van der Waals surface area contributed by atoms with Crippen LogP contribution in [0.4, 0.5) is 18.0 Å². The van der Waals surface area contributed by atoms with Gasteiger partial charge in [-0.05, 0) is 46.0 Å². The van der Waals surface area contributed by atoms with Crippen molar-refractivity contribution in [3.63, 3.8) is 0 Å². The number of nitrogens with zero attached hydrogens (tertiary/aromatic N) is 4. The molecule has 0 aromatic carbocycles. The summed E-state index contributed by atoms with van der Waals surface area (Å²) in [5, 5.41) is 6.75. The highest BCUT2D eigenvalue weighted by atomic mass is 19.3. The molecule has 3 heterocycles. The van der Waals surface area contributed by atoms with Crippen molar-refractivity contribution in [3.8, 4) is 0 Å². The molecular weight excluding hydrogens is 487 g/mol. The molecule has 11 heteroatoms. The third-order valence-corrected chi connectivity index (χ3v) is 9.48. The number of nitrogens with one attached hydrogen (secondary N) is 1. The van der Waals surface area contributed by atoms with Crippen molar-refractivity contribution < 1.29 is 27.2 Å². The number of carbonyl (C=O) groups excluding carboxylic acids is 1. The molecule has 2 saturated heterocycles. The molecule has 2 amide bonds. The van der Waals surface area contributed by atoms with Gasteiger partial charge in [0.05, 0.1) is 18.1 Å². The Kier molecular flexibility index (Phi) is 6.25. The van der Waals surface area contributed by atoms with Gasteiger partial charge < -0.3 is 24.4 Å². The minimum Gasteiger partial charge on any atom is -0.372 e. The second-order valence-electron chi connectivity index (χ2n) is 12.5. The monoisotopic (exact) mass is 525 g/mol. The maximum Gasteiger partial charge on any atom is 0.317 e. The van der Waals surface area contributed by atoms with Crippen LogP contribution >= 0.6 is 0 Å². The number of piperidine rings is 2. The van der Waals surface area contributed by atoms with Crippen molar-refractivity contribution in [2.45, 2.75) is 107 Å². The molecule has 0 radical (unpaired) electrons. The van der Waals surface area contributed by atoms with E-state index in [1.54, 1.807) is 4.90 Å². The van der Waals surface area contributed by atoms with E-state index < -0.39 is 35.7 Å². The fourth-order valence-electron chi connectivity index (χ4n) is 6.51. The molecule has 6 rings (SSSR count). The number of carbonyl (C=O) groups is 1. The Labute approximate surface area is 215 Å². The summed E-state index contributed by atoms with van der Waals surface area (Å²) in [6.07, 6.45) is 0.677. The van der Waals surface area contributed by atoms with E-state index in [-0.39, 0.29) is 18.4 Å². The minimum absolute atomic E-state index is 0.0205. The normalized spacial score (nSPS) is 38.5. The van der Waals surface area contributed by atoms with E-state index in [0.717, 1.165) is 13.1 Å². The van der Waals surface area contributed by atoms with Crippen molar-refractivity contribution in [1.82, 2.24) is 25.3 Å². The number of rotatable bonds is 6. The zero-order chi connectivity index (χ0) is 26.1. The van der Waals surface area contributed by atoms with E-state index >= 15 is 8.78 Å². The van der Waals surface area contributed by atoms with Gasteiger partial charge in [-0.15, -0.1) is 0 Å². The van der Waals surface area contributed by atoms with Crippen molar-refractivity contribution >= 4 is 6.03 Å². The summed E-state index contributed by atoms with van der Waals surface area (Å²) >= 11 is 0. The van der Waals surface area contributed by atoms with Crippen LogP contribution in [0, 0.1) is 11.8 Å². The smallest absolute Gasteiger partial charge is 0.317 e. The Morgan fingerprint density at radius 2 is 1.86 bits per heavy atom. The Morgan fingerprint density at radius 1 is 1.19 bits per heavy atom. The first-order valence-corrected chi connectivity index (χ1v) is 13.9. The average Bonchev–Trinajstić information content (AvgIpc) is 3.53. The lowest BCUT2D eigenvalue weighted by atomic mass is 9.79. The Morgan fingerprint density at radius 3 is 2.49 bits per heavy atom. The number of amides is 2. The quantitative estimate of drug-likeness (QED) is 0.607. The fourth-order valence-corrected chi connectivity index (χ4v) is 6.51. The number of hydrogen-bond acceptors (Lipinski definition) is 6. The average molecular weight is 526 g/mol. The highest BCUT2D eigenvalue weighted by Crippen LogP contribution is 2.50. The largest absolute Gasteiger partial charge is 0.372 e. The van der Waals surface area contributed by atoms with Crippen LogP contribution in [0.5, 0.6) is 0 Å². The van der Waals surface area contributed by atoms with Gasteiger partial charge in [0.2, 0.25) is 5.89 Å². The maximum atomic E-state index is 15.0. The lowest BCUT2D eigenvalue weighted by molar-refractivity contribution is -0.132. The Bertz CT molecular complexity index is 1000. The number of fused-ring (bicyclic) bond motifs is 1. The highest BCUT2D eigenvalue weighted by Gasteiger charge is 2.60. The summed E-state index contributed by atoms with van der Waals surface area (Å²) in [6.45, 7) is 9.04. The predicted molar refractivity (Wildman–Crippen MR) is 128 cm³/mol. The van der Waals surface area contributed by atoms with Gasteiger partial charge in [0, 0.05) is 55.9 Å². The van der Waals surface area contributed by atoms with Crippen molar-refractivity contribution in [2.24, 2.45) is 11.8 Å². The molecule has 1 unspecified atom stereocenters. The molecule has 0 bridgehead atoms. The molecule has 1 aromatic heterocycles. The topological polar surface area (TPSA) is 83.7 Å². The van der Waals surface area contributed by atoms with E-state index in [1.165, 1.54) is 0 Å². The molecule has 3 saturated carbocycles. The summed E-state index contributed by atoms with van der Waals surface area (Å²) in [5.74, 6) is -1.61. The van der Waals surface area contributed by atoms with E-state index in [1.807, 2.05) is 6.92 Å². The van der Waals surface area contributed by atoms with Gasteiger partial charge in [-0.1, -0.05) is 12.1 Å². The summed E-state index contributed by atoms with van der Waals surface area (Å²) in [7, 11) is 0. The molecule has 1 aromatic rings. The van der Waals surface area contributed by atoms with Crippen LogP contribution < -0.4 is 5.32 Å². The third-order valence-electron chi connectivity index (χ3n) is 9.48. The second kappa shape index (κ2) is 9.10. The standard InChI is InChI=1S/C26H38F3N5O3/c1-14(2)34-12-16-17(13-34)20(16)36-19-5-4-6-26(28,29)21(19)30-24(35)33-9-7-25(3,8-10-33)23-31-22(37-32-23)15-11-18(15)27/h14-21H,4-13H2,1-3H3,(H,30,35)/t15-,16-,17+,18+,19+,20?,21-/m1/s1. The molecule has 5 aliphatic rings. The van der Waals surface area contributed by atoms with Crippen LogP contribution in [0.3, 0.4) is 0 Å². The number of urea groups is 1. The molecule has 37 heavy (non-hydrogen) atoms. The zero-order valence-corrected chi connectivity index (χ0v) is 21.8. The Hall–Kier alpha value is -1.88. The first-order chi connectivity index (χ1) is 17.6. The lowest BCUT2D eigenvalue weighted by Gasteiger charge is -2.41. The van der Waals surface area contributed by atoms with E-state index in [2.05, 4.69) is 34.2 Å². The molecule has 3 aliphatic carbocycles. The van der Waals surface area contributed by atoms with Crippen molar-refractivity contribution in [2.75, 3.05) is 26.2 Å². The molecule has 2 aliphatic heterocycles. The van der Waals surface area contributed by atoms with Crippen LogP contribution in [-0.4, -0.2) is 88.5 Å². The molecule has 8 nitrogen and oxygen atoms in total. The first-order valence-electron chi connectivity index (χ1n) is 13.9. The number of hydrogen-bond donors (Lipinski definition) is 1. The van der Waals surface area contributed by atoms with Gasteiger partial charge >= 0.3 is 6.03 Å². The summed E-state index contributed by atoms with van der Waals surface area (Å²) < 4.78 is 55.0. The second-order valence-corrected chi connectivity index (χ2v) is 12.5. The van der Waals surface area contributed by atoms with E-state index in [0.29, 0.717) is 74.8 Å². The van der Waals surface area contributed by atoms with Gasteiger partial charge in [0.25, 0.3) is 5.92 Å². The number of halogens is 3. The van der Waals surface area contributed by atoms with Gasteiger partial charge in [-0.2, -0.15) is 4.98 Å². The SMILES string of the molecule is CC(C)N1C[C@@H]2C(O[C@H]3CCCC(F)(F)[C@@H]3NC(=O)N3CCC(C)(c4noc([C@@H]5C[C@@H]5F)n4)CC3)[C@@H]2C1. The van der Waals surface area contributed by atoms with Gasteiger partial charge in [-0.25, -0.2) is 18.0 Å². The van der Waals surface area contributed by atoms with Gasteiger partial charge in [0.15, 0.2) is 5.82 Å². The van der Waals surface area contributed by atoms with Crippen LogP contribution in [0.15, 0.2) is 4.52 Å². The highest BCUT2D eigenvalue weighted by molar-refractivity contribution is 5.75. The summed E-state index contributed by atoms with van der Waals surface area (Å²) in [4.78, 5) is 21.6. The van der Waals surface area contributed by atoms with E-state index in [4.69, 9.17) is 9.26 Å². The maximum absolute atomic E-state index is 15.0. The molecule has 5 fully saturated rings. The van der Waals surface area contributed by atoms with E-state index in [9.17, 15) is 9.18 Å². The van der Waals surface area contributed by atoms with Crippen LogP contribution in [0.1, 0.15) is 76.9 Å². The van der Waals surface area contributed by atoms with Crippen molar-refractivity contribution in [3.05, 3.63) is 11.7 Å². The fraction of sp³-hybridized carbons (Fsp3) is 0.885. The van der Waals surface area contributed by atoms with Crippen LogP contribution in [0.2, 0.25) is 0 Å². The summed E-state index contributed by atoms with van der Waals surface area (Å²) in [6, 6.07) is -1.32. The lowest BCUT2D eigenvalue weighted by Crippen LogP contribution is -2.61. The van der Waals surface area contributed by atoms with Crippen LogP contribution in [-0.2, 0) is 10.2 Å². The molecular formula is C26H38F3N5O3. The molecule has 206 valence electrons. The minimum atomic E-state index is -3.00. The number of ether oxygens (including phenoxy) is 1. The number of likely N-dealkylation sites (tertiary alicyclic amines) is 2.